The van der Waals surface area contributed by atoms with Crippen LogP contribution < -0.4 is 0 Å². The van der Waals surface area contributed by atoms with Crippen LogP contribution in [0.2, 0.25) is 5.15 Å². The first-order chi connectivity index (χ1) is 11.0. The molecule has 116 valence electrons. The van der Waals surface area contributed by atoms with E-state index in [0.29, 0.717) is 5.56 Å². The lowest BCUT2D eigenvalue weighted by molar-refractivity contribution is -0.385. The van der Waals surface area contributed by atoms with Gasteiger partial charge < -0.3 is 14.7 Å². The van der Waals surface area contributed by atoms with Gasteiger partial charge in [0.25, 0.3) is 5.89 Å². The molecule has 3 rings (SSSR count). The average molecular weight is 335 g/mol. The van der Waals surface area contributed by atoms with Gasteiger partial charge in [-0.15, -0.1) is 0 Å². The molecule has 3 aromatic rings. The number of hydrogen-bond donors (Lipinski definition) is 2. The van der Waals surface area contributed by atoms with Gasteiger partial charge in [-0.05, 0) is 18.2 Å². The van der Waals surface area contributed by atoms with Crippen LogP contribution in [0.15, 0.2) is 35.0 Å². The predicted molar refractivity (Wildman–Crippen MR) is 78.0 cm³/mol. The van der Waals surface area contributed by atoms with E-state index in [1.54, 1.807) is 6.07 Å². The maximum Gasteiger partial charge on any atom is 0.315 e. The highest BCUT2D eigenvalue weighted by atomic mass is 35.5. The van der Waals surface area contributed by atoms with Crippen LogP contribution in [0.25, 0.3) is 22.8 Å². The van der Waals surface area contributed by atoms with Crippen molar-refractivity contribution in [2.45, 2.75) is 0 Å². The Kier molecular flexibility index (Phi) is 3.54. The van der Waals surface area contributed by atoms with Gasteiger partial charge in [-0.2, -0.15) is 4.98 Å². The second-order valence-corrected chi connectivity index (χ2v) is 4.80. The molecule has 2 N–H and O–H groups in total. The minimum absolute atomic E-state index is 0.00587. The van der Waals surface area contributed by atoms with Crippen molar-refractivity contribution >= 4 is 17.3 Å². The number of nitro benzene ring substituents is 1. The highest BCUT2D eigenvalue weighted by Crippen LogP contribution is 2.39. The Morgan fingerprint density at radius 1 is 1.22 bits per heavy atom. The average Bonchev–Trinajstić information content (AvgIpc) is 2.99. The van der Waals surface area contributed by atoms with Gasteiger partial charge in [0.2, 0.25) is 11.6 Å². The maximum atomic E-state index is 10.9. The number of nitro groups is 1. The summed E-state index contributed by atoms with van der Waals surface area (Å²) in [6.45, 7) is 0. The van der Waals surface area contributed by atoms with E-state index in [2.05, 4.69) is 15.1 Å². The van der Waals surface area contributed by atoms with Gasteiger partial charge in [0.05, 0.1) is 4.92 Å². The molecule has 0 aliphatic carbocycles. The van der Waals surface area contributed by atoms with Gasteiger partial charge in [-0.3, -0.25) is 10.1 Å². The van der Waals surface area contributed by atoms with E-state index in [1.807, 2.05) is 0 Å². The molecule has 23 heavy (non-hydrogen) atoms. The second kappa shape index (κ2) is 5.54. The first-order valence-electron chi connectivity index (χ1n) is 6.12. The molecule has 0 saturated heterocycles. The highest BCUT2D eigenvalue weighted by Gasteiger charge is 2.21. The molecule has 0 radical (unpaired) electrons. The number of hydrogen-bond acceptors (Lipinski definition) is 8. The van der Waals surface area contributed by atoms with Crippen LogP contribution in [-0.4, -0.2) is 30.3 Å². The number of benzene rings is 1. The van der Waals surface area contributed by atoms with Crippen molar-refractivity contribution in [3.05, 3.63) is 45.7 Å². The van der Waals surface area contributed by atoms with Crippen molar-refractivity contribution in [3.63, 3.8) is 0 Å². The molecule has 9 nitrogen and oxygen atoms in total. The summed E-state index contributed by atoms with van der Waals surface area (Å²) in [4.78, 5) is 17.9. The molecule has 0 aliphatic rings. The summed E-state index contributed by atoms with van der Waals surface area (Å²) in [7, 11) is 0. The summed E-state index contributed by atoms with van der Waals surface area (Å²) in [6.07, 6.45) is 1.46. The van der Waals surface area contributed by atoms with Crippen molar-refractivity contribution < 1.29 is 19.7 Å². The fourth-order valence-corrected chi connectivity index (χ4v) is 2.04. The summed E-state index contributed by atoms with van der Waals surface area (Å²) < 4.78 is 5.07. The summed E-state index contributed by atoms with van der Waals surface area (Å²) >= 11 is 5.78. The van der Waals surface area contributed by atoms with Crippen molar-refractivity contribution in [2.75, 3.05) is 0 Å². The van der Waals surface area contributed by atoms with Crippen molar-refractivity contribution in [3.8, 4) is 34.3 Å². The minimum Gasteiger partial charge on any atom is -0.504 e. The van der Waals surface area contributed by atoms with E-state index in [9.17, 15) is 20.3 Å². The van der Waals surface area contributed by atoms with Gasteiger partial charge in [0.15, 0.2) is 5.75 Å². The predicted octanol–water partition coefficient (Wildman–Crippen LogP) is 2.77. The summed E-state index contributed by atoms with van der Waals surface area (Å²) in [5.41, 5.74) is -0.0401. The fourth-order valence-electron chi connectivity index (χ4n) is 1.87. The number of aromatic nitrogens is 3. The van der Waals surface area contributed by atoms with Gasteiger partial charge in [-0.1, -0.05) is 16.8 Å². The van der Waals surface area contributed by atoms with Crippen LogP contribution in [0.3, 0.4) is 0 Å². The zero-order valence-corrected chi connectivity index (χ0v) is 11.9. The van der Waals surface area contributed by atoms with Gasteiger partial charge in [0.1, 0.15) is 5.15 Å². The van der Waals surface area contributed by atoms with Gasteiger partial charge in [-0.25, -0.2) is 4.98 Å². The van der Waals surface area contributed by atoms with E-state index in [1.165, 1.54) is 12.3 Å². The molecule has 0 unspecified atom stereocenters. The third-order valence-electron chi connectivity index (χ3n) is 2.92. The Morgan fingerprint density at radius 2 is 2.00 bits per heavy atom. The van der Waals surface area contributed by atoms with Crippen LogP contribution >= 0.6 is 11.6 Å². The van der Waals surface area contributed by atoms with E-state index < -0.39 is 22.1 Å². The van der Waals surface area contributed by atoms with E-state index in [0.717, 1.165) is 12.1 Å². The second-order valence-electron chi connectivity index (χ2n) is 4.41. The molecule has 0 bridgehead atoms. The number of halogens is 1. The monoisotopic (exact) mass is 334 g/mol. The summed E-state index contributed by atoms with van der Waals surface area (Å²) in [6, 6.07) is 5.23. The van der Waals surface area contributed by atoms with Gasteiger partial charge in [0, 0.05) is 23.4 Å². The molecule has 0 fully saturated rings. The lowest BCUT2D eigenvalue weighted by Crippen LogP contribution is -1.91. The van der Waals surface area contributed by atoms with Crippen molar-refractivity contribution in [1.29, 1.82) is 0 Å². The molecule has 1 aromatic carbocycles. The molecular weight excluding hydrogens is 328 g/mol. The van der Waals surface area contributed by atoms with E-state index >= 15 is 0 Å². The Morgan fingerprint density at radius 3 is 2.70 bits per heavy atom. The first kappa shape index (κ1) is 14.7. The van der Waals surface area contributed by atoms with Crippen LogP contribution in [0.5, 0.6) is 11.5 Å². The molecular formula is C13H7ClN4O5. The van der Waals surface area contributed by atoms with Crippen LogP contribution in [0, 0.1) is 10.1 Å². The molecule has 10 heteroatoms. The van der Waals surface area contributed by atoms with Crippen LogP contribution in [-0.2, 0) is 0 Å². The SMILES string of the molecule is O=[N+]([O-])c1cc(-c2noc(-c3ccnc(Cl)c3)n2)cc(O)c1O. The molecule has 0 aliphatic heterocycles. The standard InChI is InChI=1S/C13H7ClN4O5/c14-10-5-6(1-2-15-10)13-16-12(17-23-13)7-3-8(18(21)22)11(20)9(19)4-7/h1-5,19-20H. The molecule has 2 heterocycles. The zero-order valence-electron chi connectivity index (χ0n) is 11.2. The zero-order chi connectivity index (χ0) is 16.6. The van der Waals surface area contributed by atoms with Crippen LogP contribution in [0.4, 0.5) is 5.69 Å². The Bertz CT molecular complexity index is 911. The molecule has 0 saturated carbocycles. The smallest absolute Gasteiger partial charge is 0.315 e. The number of pyridine rings is 1. The quantitative estimate of drug-likeness (QED) is 0.323. The van der Waals surface area contributed by atoms with Crippen molar-refractivity contribution in [1.82, 2.24) is 15.1 Å². The summed E-state index contributed by atoms with van der Waals surface area (Å²) in [5.74, 6) is -1.36. The lowest BCUT2D eigenvalue weighted by atomic mass is 10.1. The maximum absolute atomic E-state index is 10.9. The Balaban J connectivity index is 2.06. The van der Waals surface area contributed by atoms with Crippen LogP contribution in [0.1, 0.15) is 0 Å². The fraction of sp³-hybridized carbons (Fsp3) is 0. The number of rotatable bonds is 3. The summed E-state index contributed by atoms with van der Waals surface area (Å²) in [5, 5.41) is 33.9. The first-order valence-corrected chi connectivity index (χ1v) is 6.50. The number of nitrogens with zero attached hydrogens (tertiary/aromatic N) is 4. The highest BCUT2D eigenvalue weighted by molar-refractivity contribution is 6.29. The molecule has 2 aromatic heterocycles. The third-order valence-corrected chi connectivity index (χ3v) is 3.13. The number of aromatic hydroxyl groups is 2. The topological polar surface area (TPSA) is 135 Å². The molecule has 0 spiro atoms. The largest absolute Gasteiger partial charge is 0.504 e. The molecule has 0 atom stereocenters. The minimum atomic E-state index is -0.831. The van der Waals surface area contributed by atoms with E-state index in [-0.39, 0.29) is 22.4 Å². The normalized spacial score (nSPS) is 10.7. The Hall–Kier alpha value is -3.20. The number of phenolic OH excluding ortho intramolecular Hbond substituents is 2. The van der Waals surface area contributed by atoms with Crippen molar-refractivity contribution in [2.24, 2.45) is 0 Å². The third kappa shape index (κ3) is 2.77. The molecule has 0 amide bonds. The van der Waals surface area contributed by atoms with E-state index in [4.69, 9.17) is 16.1 Å². The lowest BCUT2D eigenvalue weighted by Gasteiger charge is -2.01. The number of phenols is 2. The Labute approximate surface area is 132 Å². The van der Waals surface area contributed by atoms with Gasteiger partial charge >= 0.3 is 5.69 Å².